The highest BCUT2D eigenvalue weighted by Crippen LogP contribution is 2.76. The third kappa shape index (κ3) is 2.95. The van der Waals surface area contributed by atoms with Gasteiger partial charge in [-0.25, -0.2) is 0 Å². The molecule has 25 heavy (non-hydrogen) atoms. The van der Waals surface area contributed by atoms with Gasteiger partial charge in [-0.05, 0) is 31.2 Å². The van der Waals surface area contributed by atoms with Crippen LogP contribution >= 0.6 is 8.60 Å². The van der Waals surface area contributed by atoms with Crippen molar-refractivity contribution in [3.05, 3.63) is 35.4 Å². The minimum atomic E-state index is -1.78. The van der Waals surface area contributed by atoms with Crippen LogP contribution in [0.3, 0.4) is 0 Å². The molecule has 0 spiro atoms. The Morgan fingerprint density at radius 1 is 0.920 bits per heavy atom. The van der Waals surface area contributed by atoms with Crippen molar-refractivity contribution in [2.45, 2.75) is 77.5 Å². The first kappa shape index (κ1) is 19.2. The summed E-state index contributed by atoms with van der Waals surface area (Å²) in [4.78, 5) is 0. The number of benzene rings is 1. The first-order chi connectivity index (χ1) is 11.9. The topological polar surface area (TPSA) is 68.2 Å². The Kier molecular flexibility index (Phi) is 5.55. The molecule has 6 heteroatoms. The van der Waals surface area contributed by atoms with Crippen LogP contribution in [0.5, 0.6) is 0 Å². The smallest absolute Gasteiger partial charge is 0.344 e. The van der Waals surface area contributed by atoms with E-state index < -0.39 is 25.8 Å². The van der Waals surface area contributed by atoms with Gasteiger partial charge in [0.25, 0.3) is 0 Å². The number of aliphatic hydroxyl groups is 2. The first-order valence-electron chi connectivity index (χ1n) is 9.36. The van der Waals surface area contributed by atoms with Crippen LogP contribution < -0.4 is 0 Å². The summed E-state index contributed by atoms with van der Waals surface area (Å²) in [6, 6.07) is 7.88. The standard InChI is InChI=1S/C19H29O5P/c1-4-7-9-15-10-12-16(13-11-15)18(20)17(6-3,14-8-5-2)19(21)23-25(22-18)24-19/h10-13,20-21H,4-9,14H2,1-3H3. The van der Waals surface area contributed by atoms with E-state index in [2.05, 4.69) is 13.8 Å². The maximum absolute atomic E-state index is 11.6. The van der Waals surface area contributed by atoms with Crippen LogP contribution in [-0.4, -0.2) is 16.2 Å². The average molecular weight is 368 g/mol. The Morgan fingerprint density at radius 2 is 1.56 bits per heavy atom. The molecule has 0 aromatic heterocycles. The molecule has 3 heterocycles. The third-order valence-corrected chi connectivity index (χ3v) is 6.79. The molecule has 1 aromatic carbocycles. The van der Waals surface area contributed by atoms with Gasteiger partial charge in [0.1, 0.15) is 5.41 Å². The molecular weight excluding hydrogens is 339 g/mol. The van der Waals surface area contributed by atoms with Crippen LogP contribution in [0.15, 0.2) is 24.3 Å². The summed E-state index contributed by atoms with van der Waals surface area (Å²) in [5.41, 5.74) is 0.837. The van der Waals surface area contributed by atoms with Crippen molar-refractivity contribution in [1.82, 2.24) is 0 Å². The Labute approximate surface area is 151 Å². The van der Waals surface area contributed by atoms with Gasteiger partial charge >= 0.3 is 14.6 Å². The second-order valence-electron chi connectivity index (χ2n) is 7.06. The van der Waals surface area contributed by atoms with Crippen molar-refractivity contribution in [1.29, 1.82) is 0 Å². The monoisotopic (exact) mass is 368 g/mol. The highest BCUT2D eigenvalue weighted by Gasteiger charge is 2.77. The number of fused-ring (bicyclic) bond motifs is 2. The predicted octanol–water partition coefficient (Wildman–Crippen LogP) is 4.71. The molecule has 3 aliphatic heterocycles. The van der Waals surface area contributed by atoms with Crippen LogP contribution in [0.4, 0.5) is 0 Å². The van der Waals surface area contributed by atoms with Crippen molar-refractivity contribution in [3.8, 4) is 0 Å². The predicted molar refractivity (Wildman–Crippen MR) is 96.3 cm³/mol. The summed E-state index contributed by atoms with van der Waals surface area (Å²) in [6.45, 7) is 6.18. The zero-order valence-corrected chi connectivity index (χ0v) is 16.2. The van der Waals surface area contributed by atoms with E-state index in [0.717, 1.165) is 32.1 Å². The quantitative estimate of drug-likeness (QED) is 0.651. The largest absolute Gasteiger partial charge is 0.361 e. The molecule has 3 fully saturated rings. The maximum atomic E-state index is 11.6. The average Bonchev–Trinajstić information content (AvgIpc) is 2.59. The number of hydrogen-bond donors (Lipinski definition) is 2. The molecule has 0 saturated carbocycles. The number of rotatable bonds is 8. The van der Waals surface area contributed by atoms with E-state index in [-0.39, 0.29) is 0 Å². The molecule has 0 radical (unpaired) electrons. The molecular formula is C19H29O5P. The molecule has 2 bridgehead atoms. The second kappa shape index (κ2) is 7.22. The van der Waals surface area contributed by atoms with Gasteiger partial charge in [0.15, 0.2) is 0 Å². The molecule has 2 atom stereocenters. The zero-order valence-electron chi connectivity index (χ0n) is 15.3. The Hall–Kier alpha value is -0.550. The normalized spacial score (nSPS) is 36.9. The van der Waals surface area contributed by atoms with Gasteiger partial charge in [-0.3, -0.25) is 13.6 Å². The molecule has 5 nitrogen and oxygen atoms in total. The van der Waals surface area contributed by atoms with Gasteiger partial charge in [-0.15, -0.1) is 0 Å². The first-order valence-corrected chi connectivity index (χ1v) is 10.5. The van der Waals surface area contributed by atoms with Crippen molar-refractivity contribution in [3.63, 3.8) is 0 Å². The van der Waals surface area contributed by atoms with E-state index in [9.17, 15) is 10.2 Å². The Bertz CT molecular complexity index is 586. The second-order valence-corrected chi connectivity index (χ2v) is 8.06. The van der Waals surface area contributed by atoms with Gasteiger partial charge < -0.3 is 10.2 Å². The fraction of sp³-hybridized carbons (Fsp3) is 0.684. The van der Waals surface area contributed by atoms with Crippen LogP contribution in [0.1, 0.15) is 70.4 Å². The molecule has 2 unspecified atom stereocenters. The summed E-state index contributed by atoms with van der Waals surface area (Å²) in [5.74, 6) is -3.40. The SMILES string of the molecule is CCCCc1ccc(C2(O)OP3OC(O)(O3)C2(CC)CCCC)cc1. The van der Waals surface area contributed by atoms with Crippen molar-refractivity contribution < 1.29 is 23.8 Å². The maximum Gasteiger partial charge on any atom is 0.344 e. The lowest BCUT2D eigenvalue weighted by Crippen LogP contribution is -2.69. The fourth-order valence-electron chi connectivity index (χ4n) is 3.88. The van der Waals surface area contributed by atoms with Gasteiger partial charge in [0, 0.05) is 5.56 Å². The molecule has 4 rings (SSSR count). The van der Waals surface area contributed by atoms with Gasteiger partial charge in [-0.2, -0.15) is 0 Å². The van der Waals surface area contributed by atoms with Crippen LogP contribution in [0, 0.1) is 5.41 Å². The van der Waals surface area contributed by atoms with Crippen molar-refractivity contribution in [2.75, 3.05) is 0 Å². The lowest BCUT2D eigenvalue weighted by molar-refractivity contribution is -0.487. The summed E-state index contributed by atoms with van der Waals surface area (Å²) in [7, 11) is -1.70. The summed E-state index contributed by atoms with van der Waals surface area (Å²) >= 11 is 0. The molecule has 140 valence electrons. The van der Waals surface area contributed by atoms with Gasteiger partial charge in [0.05, 0.1) is 0 Å². The van der Waals surface area contributed by atoms with Gasteiger partial charge in [-0.1, -0.05) is 64.3 Å². The van der Waals surface area contributed by atoms with Crippen LogP contribution in [0.25, 0.3) is 0 Å². The van der Waals surface area contributed by atoms with E-state index in [4.69, 9.17) is 13.6 Å². The lowest BCUT2D eigenvalue weighted by Gasteiger charge is -2.63. The van der Waals surface area contributed by atoms with E-state index in [1.165, 1.54) is 5.56 Å². The fourth-order valence-corrected chi connectivity index (χ4v) is 5.22. The number of unbranched alkanes of at least 4 members (excludes halogenated alkanes) is 2. The number of aryl methyl sites for hydroxylation is 1. The molecule has 1 aromatic rings. The van der Waals surface area contributed by atoms with E-state index in [1.807, 2.05) is 31.2 Å². The lowest BCUT2D eigenvalue weighted by atomic mass is 9.68. The summed E-state index contributed by atoms with van der Waals surface area (Å²) in [5, 5.41) is 22.5. The molecule has 0 amide bonds. The summed E-state index contributed by atoms with van der Waals surface area (Å²) < 4.78 is 16.8. The highest BCUT2D eigenvalue weighted by molar-refractivity contribution is 7.43. The van der Waals surface area contributed by atoms with E-state index in [0.29, 0.717) is 18.4 Å². The minimum absolute atomic E-state index is 0.473. The molecule has 2 N–H and O–H groups in total. The third-order valence-electron chi connectivity index (χ3n) is 5.58. The zero-order chi connectivity index (χ0) is 18.1. The summed E-state index contributed by atoms with van der Waals surface area (Å²) in [6.07, 6.45) is 6.11. The van der Waals surface area contributed by atoms with Crippen molar-refractivity contribution in [2.24, 2.45) is 5.41 Å². The van der Waals surface area contributed by atoms with Crippen LogP contribution in [-0.2, 0) is 25.8 Å². The minimum Gasteiger partial charge on any atom is -0.361 e. The Morgan fingerprint density at radius 3 is 2.12 bits per heavy atom. The Balaban J connectivity index is 1.95. The van der Waals surface area contributed by atoms with E-state index >= 15 is 0 Å². The van der Waals surface area contributed by atoms with E-state index in [1.54, 1.807) is 0 Å². The molecule has 3 aliphatic rings. The highest BCUT2D eigenvalue weighted by atomic mass is 31.2. The van der Waals surface area contributed by atoms with Crippen molar-refractivity contribution >= 4 is 8.60 Å². The molecule has 0 aliphatic carbocycles. The molecule has 3 saturated heterocycles. The van der Waals surface area contributed by atoms with Crippen LogP contribution in [0.2, 0.25) is 0 Å². The van der Waals surface area contributed by atoms with Gasteiger partial charge in [0.2, 0.25) is 5.79 Å². The number of hydrogen-bond acceptors (Lipinski definition) is 5.